The highest BCUT2D eigenvalue weighted by Gasteiger charge is 1.92. The van der Waals surface area contributed by atoms with Gasteiger partial charge in [-0.05, 0) is 49.2 Å². The lowest BCUT2D eigenvalue weighted by Gasteiger charge is -1.96. The van der Waals surface area contributed by atoms with Crippen LogP contribution in [-0.4, -0.2) is 32.4 Å². The molecule has 0 fully saturated rings. The summed E-state index contributed by atoms with van der Waals surface area (Å²) < 4.78 is 0. The van der Waals surface area contributed by atoms with E-state index in [1.165, 1.54) is 13.8 Å². The molecular weight excluding hydrogens is 360 g/mol. The second kappa shape index (κ2) is 12.5. The summed E-state index contributed by atoms with van der Waals surface area (Å²) >= 11 is 0. The molecule has 0 aliphatic rings. The summed E-state index contributed by atoms with van der Waals surface area (Å²) in [6.45, 7) is 9.20. The molecule has 0 atom stereocenters. The third-order valence-electron chi connectivity index (χ3n) is 2.94. The fourth-order valence-corrected chi connectivity index (χ4v) is 1.45. The zero-order chi connectivity index (χ0) is 21.7. The van der Waals surface area contributed by atoms with Crippen LogP contribution in [0.15, 0.2) is 72.8 Å². The Morgan fingerprint density at radius 1 is 0.750 bits per heavy atom. The van der Waals surface area contributed by atoms with E-state index in [-0.39, 0.29) is 22.6 Å². The first-order chi connectivity index (χ1) is 13.0. The maximum Gasteiger partial charge on any atom is 0.330 e. The van der Waals surface area contributed by atoms with E-state index in [1.807, 2.05) is 24.3 Å². The SMILES string of the molecule is C=C(C)C(=O)O.C=C(C)C(=O)O.Oc1cccc(C=Cc2cccc(O)c2)c1. The van der Waals surface area contributed by atoms with E-state index in [2.05, 4.69) is 13.2 Å². The predicted molar refractivity (Wildman–Crippen MR) is 110 cm³/mol. The van der Waals surface area contributed by atoms with Gasteiger partial charge in [-0.3, -0.25) is 0 Å². The van der Waals surface area contributed by atoms with Gasteiger partial charge in [0.05, 0.1) is 0 Å². The van der Waals surface area contributed by atoms with Crippen LogP contribution in [0.25, 0.3) is 12.2 Å². The Morgan fingerprint density at radius 3 is 1.25 bits per heavy atom. The van der Waals surface area contributed by atoms with Crippen LogP contribution in [0, 0.1) is 0 Å². The molecule has 0 radical (unpaired) electrons. The first-order valence-corrected chi connectivity index (χ1v) is 8.06. The Hall–Kier alpha value is -3.80. The minimum absolute atomic E-state index is 0.176. The monoisotopic (exact) mass is 384 g/mol. The van der Waals surface area contributed by atoms with Crippen LogP contribution in [0.4, 0.5) is 0 Å². The number of carboxylic acids is 2. The van der Waals surface area contributed by atoms with Crippen LogP contribution in [-0.2, 0) is 9.59 Å². The van der Waals surface area contributed by atoms with Crippen LogP contribution in [0.5, 0.6) is 11.5 Å². The van der Waals surface area contributed by atoms with Gasteiger partial charge in [0.25, 0.3) is 0 Å². The highest BCUT2D eigenvalue weighted by Crippen LogP contribution is 2.16. The number of benzene rings is 2. The van der Waals surface area contributed by atoms with Crippen LogP contribution >= 0.6 is 0 Å². The van der Waals surface area contributed by atoms with Crippen molar-refractivity contribution in [2.24, 2.45) is 0 Å². The Morgan fingerprint density at radius 2 is 1.04 bits per heavy atom. The Bertz CT molecular complexity index is 769. The lowest BCUT2D eigenvalue weighted by atomic mass is 10.1. The molecule has 148 valence electrons. The normalized spacial score (nSPS) is 9.36. The van der Waals surface area contributed by atoms with Gasteiger partial charge in [0, 0.05) is 11.1 Å². The van der Waals surface area contributed by atoms with Crippen LogP contribution in [0.3, 0.4) is 0 Å². The van der Waals surface area contributed by atoms with Gasteiger partial charge in [0.15, 0.2) is 0 Å². The molecule has 6 heteroatoms. The van der Waals surface area contributed by atoms with Gasteiger partial charge in [-0.25, -0.2) is 9.59 Å². The van der Waals surface area contributed by atoms with Crippen molar-refractivity contribution >= 4 is 24.1 Å². The number of hydrogen-bond donors (Lipinski definition) is 4. The van der Waals surface area contributed by atoms with Crippen molar-refractivity contribution in [2.45, 2.75) is 13.8 Å². The van der Waals surface area contributed by atoms with E-state index in [0.29, 0.717) is 0 Å². The van der Waals surface area contributed by atoms with E-state index in [1.54, 1.807) is 36.4 Å². The first-order valence-electron chi connectivity index (χ1n) is 8.06. The lowest BCUT2D eigenvalue weighted by Crippen LogP contribution is -1.92. The Kier molecular flexibility index (Phi) is 10.8. The molecule has 0 aliphatic heterocycles. The number of carboxylic acid groups (broad SMARTS) is 2. The highest BCUT2D eigenvalue weighted by atomic mass is 16.4. The molecule has 0 bridgehead atoms. The maximum absolute atomic E-state index is 9.60. The fourth-order valence-electron chi connectivity index (χ4n) is 1.45. The number of hydrogen-bond acceptors (Lipinski definition) is 4. The van der Waals surface area contributed by atoms with E-state index < -0.39 is 11.9 Å². The van der Waals surface area contributed by atoms with Crippen molar-refractivity contribution in [2.75, 3.05) is 0 Å². The molecular formula is C22H24O6. The van der Waals surface area contributed by atoms with E-state index >= 15 is 0 Å². The summed E-state index contributed by atoms with van der Waals surface area (Å²) in [4.78, 5) is 19.2. The first kappa shape index (κ1) is 24.2. The molecule has 4 N–H and O–H groups in total. The Labute approximate surface area is 164 Å². The standard InChI is InChI=1S/C14H12O2.2C4H6O2/c15-13-5-1-3-11(9-13)7-8-12-4-2-6-14(16)10-12;2*1-3(2)4(5)6/h1-10,15-16H;2*1H2,2H3,(H,5,6). The van der Waals surface area contributed by atoms with Gasteiger partial charge in [-0.1, -0.05) is 49.6 Å². The summed E-state index contributed by atoms with van der Waals surface area (Å²) in [5, 5.41) is 34.3. The molecule has 28 heavy (non-hydrogen) atoms. The molecule has 2 aromatic rings. The van der Waals surface area contributed by atoms with Gasteiger partial charge in [-0.15, -0.1) is 0 Å². The molecule has 0 saturated carbocycles. The molecule has 0 unspecified atom stereocenters. The zero-order valence-corrected chi connectivity index (χ0v) is 15.8. The number of carbonyl (C=O) groups is 2. The summed E-state index contributed by atoms with van der Waals surface area (Å²) in [6, 6.07) is 14.0. The molecule has 0 aliphatic carbocycles. The molecule has 2 aromatic carbocycles. The summed E-state index contributed by atoms with van der Waals surface area (Å²) in [6.07, 6.45) is 3.77. The minimum Gasteiger partial charge on any atom is -0.508 e. The third-order valence-corrected chi connectivity index (χ3v) is 2.94. The average molecular weight is 384 g/mol. The highest BCUT2D eigenvalue weighted by molar-refractivity contribution is 5.85. The van der Waals surface area contributed by atoms with Crippen molar-refractivity contribution in [3.05, 3.63) is 84.0 Å². The van der Waals surface area contributed by atoms with Crippen molar-refractivity contribution in [1.29, 1.82) is 0 Å². The molecule has 0 amide bonds. The number of rotatable bonds is 4. The van der Waals surface area contributed by atoms with Crippen molar-refractivity contribution < 1.29 is 30.0 Å². The number of phenols is 2. The zero-order valence-electron chi connectivity index (χ0n) is 15.8. The molecule has 0 saturated heterocycles. The Balaban J connectivity index is 0.000000505. The van der Waals surface area contributed by atoms with Crippen molar-refractivity contribution in [1.82, 2.24) is 0 Å². The second-order valence-electron chi connectivity index (χ2n) is 5.69. The number of aromatic hydroxyl groups is 2. The molecule has 0 aromatic heterocycles. The van der Waals surface area contributed by atoms with Gasteiger partial charge in [0.2, 0.25) is 0 Å². The molecule has 2 rings (SSSR count). The van der Waals surface area contributed by atoms with Crippen molar-refractivity contribution in [3.8, 4) is 11.5 Å². The summed E-state index contributed by atoms with van der Waals surface area (Å²) in [5.41, 5.74) is 2.19. The number of aliphatic carboxylic acids is 2. The van der Waals surface area contributed by atoms with E-state index in [9.17, 15) is 19.8 Å². The van der Waals surface area contributed by atoms with Gasteiger partial charge >= 0.3 is 11.9 Å². The summed E-state index contributed by atoms with van der Waals surface area (Å²) in [7, 11) is 0. The van der Waals surface area contributed by atoms with E-state index in [0.717, 1.165) is 11.1 Å². The number of phenolic OH excluding ortho intramolecular Hbond substituents is 2. The van der Waals surface area contributed by atoms with E-state index in [4.69, 9.17) is 10.2 Å². The minimum atomic E-state index is -0.935. The maximum atomic E-state index is 9.60. The van der Waals surface area contributed by atoms with Gasteiger partial charge in [0.1, 0.15) is 11.5 Å². The quantitative estimate of drug-likeness (QED) is 0.454. The topological polar surface area (TPSA) is 115 Å². The second-order valence-corrected chi connectivity index (χ2v) is 5.69. The average Bonchev–Trinajstić information content (AvgIpc) is 2.61. The van der Waals surface area contributed by atoms with Crippen LogP contribution in [0.2, 0.25) is 0 Å². The van der Waals surface area contributed by atoms with Gasteiger partial charge in [-0.2, -0.15) is 0 Å². The predicted octanol–water partition coefficient (Wildman–Crippen LogP) is 4.56. The van der Waals surface area contributed by atoms with Crippen LogP contribution < -0.4 is 0 Å². The fraction of sp³-hybridized carbons (Fsp3) is 0.0909. The summed E-state index contributed by atoms with van der Waals surface area (Å²) in [5.74, 6) is -1.37. The largest absolute Gasteiger partial charge is 0.508 e. The lowest BCUT2D eigenvalue weighted by molar-refractivity contribution is -0.133. The molecule has 0 spiro atoms. The smallest absolute Gasteiger partial charge is 0.330 e. The molecule has 0 heterocycles. The molecule has 6 nitrogen and oxygen atoms in total. The van der Waals surface area contributed by atoms with Gasteiger partial charge < -0.3 is 20.4 Å². The van der Waals surface area contributed by atoms with Crippen molar-refractivity contribution in [3.63, 3.8) is 0 Å². The third kappa shape index (κ3) is 11.7. The van der Waals surface area contributed by atoms with Crippen LogP contribution in [0.1, 0.15) is 25.0 Å².